The Hall–Kier alpha value is -2.10. The van der Waals surface area contributed by atoms with Crippen LogP contribution in [-0.4, -0.2) is 5.97 Å². The highest BCUT2D eigenvalue weighted by atomic mass is 16.5. The molecule has 2 rings (SSSR count). The van der Waals surface area contributed by atoms with Gasteiger partial charge in [-0.25, -0.2) is 4.79 Å². The fourth-order valence-electron chi connectivity index (χ4n) is 1.31. The Morgan fingerprint density at radius 1 is 1.33 bits per heavy atom. The second-order valence-electron chi connectivity index (χ2n) is 3.03. The topological polar surface area (TPSA) is 56.5 Å². The lowest BCUT2D eigenvalue weighted by molar-refractivity contribution is -0.131. The van der Waals surface area contributed by atoms with Crippen molar-refractivity contribution in [1.29, 1.82) is 0 Å². The van der Waals surface area contributed by atoms with E-state index in [1.54, 1.807) is 24.3 Å². The van der Waals surface area contributed by atoms with Gasteiger partial charge in [0.25, 0.3) is 0 Å². The van der Waals surface area contributed by atoms with Crippen LogP contribution in [0, 0.1) is 0 Å². The van der Waals surface area contributed by atoms with E-state index in [0.29, 0.717) is 11.3 Å². The first-order valence-corrected chi connectivity index (χ1v) is 4.38. The molecule has 0 atom stereocenters. The molecule has 0 saturated carbocycles. The van der Waals surface area contributed by atoms with Crippen LogP contribution < -0.4 is 10.4 Å². The van der Waals surface area contributed by atoms with Crippen LogP contribution in [0.1, 0.15) is 6.92 Å². The molecular formula is C11H8O4. The summed E-state index contributed by atoms with van der Waals surface area (Å²) < 4.78 is 9.86. The van der Waals surface area contributed by atoms with E-state index in [1.165, 1.54) is 13.0 Å². The molecule has 0 saturated heterocycles. The molecule has 0 spiro atoms. The number of hydrogen-bond acceptors (Lipinski definition) is 4. The van der Waals surface area contributed by atoms with E-state index in [1.807, 2.05) is 0 Å². The molecule has 0 aromatic rings. The lowest BCUT2D eigenvalue weighted by Crippen LogP contribution is -2.01. The zero-order valence-corrected chi connectivity index (χ0v) is 8.02. The van der Waals surface area contributed by atoms with Gasteiger partial charge in [0.2, 0.25) is 0 Å². The van der Waals surface area contributed by atoms with Gasteiger partial charge in [-0.2, -0.15) is 0 Å². The smallest absolute Gasteiger partial charge is 0.337 e. The summed E-state index contributed by atoms with van der Waals surface area (Å²) >= 11 is 0. The molecule has 1 heterocycles. The number of carbonyl (C=O) groups is 1. The van der Waals surface area contributed by atoms with Crippen molar-refractivity contribution in [1.82, 2.24) is 0 Å². The van der Waals surface area contributed by atoms with E-state index in [2.05, 4.69) is 0 Å². The minimum absolute atomic E-state index is 0.254. The van der Waals surface area contributed by atoms with Crippen LogP contribution >= 0.6 is 0 Å². The Bertz CT molecular complexity index is 527. The van der Waals surface area contributed by atoms with Crippen molar-refractivity contribution in [3.8, 4) is 17.1 Å². The van der Waals surface area contributed by atoms with Crippen LogP contribution in [0.15, 0.2) is 39.5 Å². The summed E-state index contributed by atoms with van der Waals surface area (Å²) in [7, 11) is 0. The molecule has 0 bridgehead atoms. The number of hydrogen-bond donors (Lipinski definition) is 0. The van der Waals surface area contributed by atoms with Crippen molar-refractivity contribution < 1.29 is 13.9 Å². The fraction of sp³-hybridized carbons (Fsp3) is 0.0909. The second-order valence-corrected chi connectivity index (χ2v) is 3.03. The van der Waals surface area contributed by atoms with Crippen LogP contribution in [-0.2, 0) is 4.79 Å². The van der Waals surface area contributed by atoms with Gasteiger partial charge in [-0.3, -0.25) is 4.79 Å². The maximum Gasteiger partial charge on any atom is 0.337 e. The molecule has 0 fully saturated rings. The van der Waals surface area contributed by atoms with E-state index in [0.717, 1.165) is 0 Å². The van der Waals surface area contributed by atoms with Crippen molar-refractivity contribution in [3.05, 3.63) is 40.8 Å². The lowest BCUT2D eigenvalue weighted by Gasteiger charge is -2.00. The van der Waals surface area contributed by atoms with Gasteiger partial charge < -0.3 is 9.15 Å². The van der Waals surface area contributed by atoms with Crippen LogP contribution in [0.3, 0.4) is 0 Å². The largest absolute Gasteiger partial charge is 0.423 e. The average molecular weight is 204 g/mol. The van der Waals surface area contributed by atoms with Crippen molar-refractivity contribution in [2.75, 3.05) is 0 Å². The monoisotopic (exact) mass is 204 g/mol. The molecule has 76 valence electrons. The highest BCUT2D eigenvalue weighted by Gasteiger charge is 2.14. The second kappa shape index (κ2) is 3.57. The third-order valence-corrected chi connectivity index (χ3v) is 1.85. The molecule has 0 radical (unpaired) electrons. The van der Waals surface area contributed by atoms with Crippen molar-refractivity contribution in [2.45, 2.75) is 6.92 Å². The molecule has 0 unspecified atom stereocenters. The standard InChI is InChI=1S/C11H8O4/c1-7(12)14-9-5-3-2-4-8-6-10(13)15-11(8)9/h2-6H,1H3. The highest BCUT2D eigenvalue weighted by molar-refractivity contribution is 5.74. The van der Waals surface area contributed by atoms with Crippen LogP contribution in [0.4, 0.5) is 0 Å². The summed E-state index contributed by atoms with van der Waals surface area (Å²) in [5.41, 5.74) is 0.158. The predicted molar refractivity (Wildman–Crippen MR) is 52.9 cm³/mol. The Morgan fingerprint density at radius 2 is 2.07 bits per heavy atom. The molecule has 2 aliphatic rings. The Balaban J connectivity index is 2.62. The van der Waals surface area contributed by atoms with Crippen LogP contribution in [0.5, 0.6) is 5.75 Å². The summed E-state index contributed by atoms with van der Waals surface area (Å²) in [6.45, 7) is 1.29. The van der Waals surface area contributed by atoms with Crippen molar-refractivity contribution in [3.63, 3.8) is 0 Å². The molecule has 0 amide bonds. The molecule has 1 aliphatic heterocycles. The number of carbonyl (C=O) groups excluding carboxylic acids is 1. The summed E-state index contributed by atoms with van der Waals surface area (Å²) in [5.74, 6) is 0.0937. The zero-order valence-electron chi connectivity index (χ0n) is 8.02. The Kier molecular flexibility index (Phi) is 2.25. The molecule has 0 aromatic heterocycles. The highest BCUT2D eigenvalue weighted by Crippen LogP contribution is 2.29. The van der Waals surface area contributed by atoms with Crippen molar-refractivity contribution in [2.24, 2.45) is 0 Å². The molecular weight excluding hydrogens is 196 g/mol. The third-order valence-electron chi connectivity index (χ3n) is 1.85. The number of fused-ring (bicyclic) bond motifs is 1. The van der Waals surface area contributed by atoms with E-state index in [4.69, 9.17) is 9.15 Å². The van der Waals surface area contributed by atoms with Crippen LogP contribution in [0.25, 0.3) is 11.3 Å². The summed E-state index contributed by atoms with van der Waals surface area (Å²) in [6, 6.07) is 8.09. The molecule has 0 aromatic carbocycles. The number of ether oxygens (including phenoxy) is 1. The normalized spacial score (nSPS) is 10.2. The summed E-state index contributed by atoms with van der Waals surface area (Å²) in [6.07, 6.45) is 0. The predicted octanol–water partition coefficient (Wildman–Crippen LogP) is 1.67. The first-order chi connectivity index (χ1) is 7.16. The number of rotatable bonds is 1. The maximum atomic E-state index is 11.0. The van der Waals surface area contributed by atoms with E-state index < -0.39 is 11.6 Å². The quantitative estimate of drug-likeness (QED) is 0.663. The number of esters is 1. The zero-order chi connectivity index (χ0) is 10.8. The van der Waals surface area contributed by atoms with Gasteiger partial charge in [-0.05, 0) is 6.07 Å². The van der Waals surface area contributed by atoms with Crippen molar-refractivity contribution >= 4 is 5.97 Å². The Labute approximate surface area is 85.4 Å². The van der Waals surface area contributed by atoms with Crippen LogP contribution in [0.2, 0.25) is 0 Å². The van der Waals surface area contributed by atoms with Gasteiger partial charge in [0.15, 0.2) is 11.5 Å². The maximum absolute atomic E-state index is 11.0. The molecule has 4 heteroatoms. The van der Waals surface area contributed by atoms with E-state index in [9.17, 15) is 9.59 Å². The van der Waals surface area contributed by atoms with Gasteiger partial charge in [0, 0.05) is 18.6 Å². The number of furan rings is 1. The molecule has 15 heavy (non-hydrogen) atoms. The molecule has 1 aliphatic carbocycles. The fourth-order valence-corrected chi connectivity index (χ4v) is 1.31. The average Bonchev–Trinajstić information content (AvgIpc) is 2.43. The Morgan fingerprint density at radius 3 is 2.80 bits per heavy atom. The van der Waals surface area contributed by atoms with E-state index >= 15 is 0 Å². The summed E-state index contributed by atoms with van der Waals surface area (Å²) in [4.78, 5) is 21.8. The third kappa shape index (κ3) is 1.88. The van der Waals surface area contributed by atoms with Gasteiger partial charge >= 0.3 is 11.6 Å². The van der Waals surface area contributed by atoms with E-state index in [-0.39, 0.29) is 5.75 Å². The molecule has 4 nitrogen and oxygen atoms in total. The summed E-state index contributed by atoms with van der Waals surface area (Å²) in [5, 5.41) is 0. The SMILES string of the molecule is CC(=O)Oc1ccccc2cc(=O)oc1-2. The molecule has 0 N–H and O–H groups in total. The van der Waals surface area contributed by atoms with Gasteiger partial charge in [-0.1, -0.05) is 18.2 Å². The van der Waals surface area contributed by atoms with Gasteiger partial charge in [0.1, 0.15) is 0 Å². The first-order valence-electron chi connectivity index (χ1n) is 4.38. The minimum atomic E-state index is -0.454. The minimum Gasteiger partial charge on any atom is -0.423 e. The first kappa shape index (κ1) is 9.45. The van der Waals surface area contributed by atoms with Gasteiger partial charge in [-0.15, -0.1) is 0 Å². The lowest BCUT2D eigenvalue weighted by atomic mass is 10.2. The van der Waals surface area contributed by atoms with Gasteiger partial charge in [0.05, 0.1) is 0 Å².